The zero-order valence-corrected chi connectivity index (χ0v) is 12.4. The van der Waals surface area contributed by atoms with Gasteiger partial charge in [0.1, 0.15) is 10.6 Å². The van der Waals surface area contributed by atoms with Crippen molar-refractivity contribution in [1.29, 1.82) is 0 Å². The molecular formula is C14H15NO3S2. The highest BCUT2D eigenvalue weighted by Crippen LogP contribution is 2.34. The third-order valence-corrected chi connectivity index (χ3v) is 6.02. The lowest BCUT2D eigenvalue weighted by Gasteiger charge is -2.23. The van der Waals surface area contributed by atoms with E-state index in [0.29, 0.717) is 0 Å². The maximum absolute atomic E-state index is 12.4. The second-order valence-electron chi connectivity index (χ2n) is 4.83. The number of fused-ring (bicyclic) bond motifs is 1. The van der Waals surface area contributed by atoms with Gasteiger partial charge >= 0.3 is 0 Å². The molecule has 1 aliphatic carbocycles. The fraction of sp³-hybridized carbons (Fsp3) is 0.286. The Morgan fingerprint density at radius 1 is 1.25 bits per heavy atom. The van der Waals surface area contributed by atoms with Gasteiger partial charge in [0.25, 0.3) is 0 Å². The maximum Gasteiger partial charge on any atom is 0.244 e. The van der Waals surface area contributed by atoms with E-state index in [9.17, 15) is 13.5 Å². The van der Waals surface area contributed by atoms with E-state index in [-0.39, 0.29) is 16.7 Å². The maximum atomic E-state index is 12.4. The number of aryl methyl sites for hydroxylation is 1. The molecule has 2 aromatic rings. The number of para-hydroxylation sites is 1. The quantitative estimate of drug-likeness (QED) is 0.916. The lowest BCUT2D eigenvalue weighted by molar-refractivity contribution is 0.455. The van der Waals surface area contributed by atoms with Crippen molar-refractivity contribution in [2.24, 2.45) is 0 Å². The highest BCUT2D eigenvalue weighted by Gasteiger charge is 2.27. The van der Waals surface area contributed by atoms with Crippen LogP contribution in [0.3, 0.4) is 0 Å². The van der Waals surface area contributed by atoms with Crippen LogP contribution in [0.25, 0.3) is 0 Å². The zero-order chi connectivity index (χ0) is 14.2. The van der Waals surface area contributed by atoms with Crippen molar-refractivity contribution in [2.75, 3.05) is 0 Å². The molecule has 4 nitrogen and oxygen atoms in total. The summed E-state index contributed by atoms with van der Waals surface area (Å²) >= 11 is 1.67. The molecule has 1 aliphatic rings. The van der Waals surface area contributed by atoms with Crippen molar-refractivity contribution < 1.29 is 13.5 Å². The van der Waals surface area contributed by atoms with Gasteiger partial charge in [-0.3, -0.25) is 0 Å². The van der Waals surface area contributed by atoms with Gasteiger partial charge in [-0.1, -0.05) is 12.1 Å². The molecule has 0 saturated carbocycles. The first-order chi connectivity index (χ1) is 9.58. The number of benzene rings is 1. The van der Waals surface area contributed by atoms with Crippen LogP contribution in [0.5, 0.6) is 5.75 Å². The summed E-state index contributed by atoms with van der Waals surface area (Å²) in [6.45, 7) is 0. The summed E-state index contributed by atoms with van der Waals surface area (Å²) in [5.41, 5.74) is 1.07. The molecule has 0 saturated heterocycles. The van der Waals surface area contributed by atoms with Crippen molar-refractivity contribution >= 4 is 21.4 Å². The molecule has 20 heavy (non-hydrogen) atoms. The Labute approximate surface area is 122 Å². The first kappa shape index (κ1) is 13.6. The van der Waals surface area contributed by atoms with Crippen LogP contribution in [0.15, 0.2) is 40.6 Å². The van der Waals surface area contributed by atoms with E-state index < -0.39 is 10.0 Å². The van der Waals surface area contributed by atoms with Crippen molar-refractivity contribution in [3.05, 3.63) is 46.2 Å². The monoisotopic (exact) mass is 309 g/mol. The van der Waals surface area contributed by atoms with Crippen LogP contribution in [0, 0.1) is 0 Å². The summed E-state index contributed by atoms with van der Waals surface area (Å²) in [5, 5.41) is 11.7. The van der Waals surface area contributed by atoms with Crippen LogP contribution in [0.2, 0.25) is 0 Å². The Hall–Kier alpha value is -1.37. The Balaban J connectivity index is 1.91. The predicted octanol–water partition coefficient (Wildman–Crippen LogP) is 2.81. The minimum atomic E-state index is -3.71. The molecule has 0 aliphatic heterocycles. The van der Waals surface area contributed by atoms with Crippen molar-refractivity contribution in [3.63, 3.8) is 0 Å². The van der Waals surface area contributed by atoms with E-state index in [1.54, 1.807) is 23.5 Å². The van der Waals surface area contributed by atoms with Crippen LogP contribution >= 0.6 is 11.3 Å². The van der Waals surface area contributed by atoms with Gasteiger partial charge < -0.3 is 5.11 Å². The Morgan fingerprint density at radius 2 is 2.05 bits per heavy atom. The van der Waals surface area contributed by atoms with Crippen LogP contribution in [0.4, 0.5) is 0 Å². The van der Waals surface area contributed by atoms with Gasteiger partial charge in [-0.15, -0.1) is 11.3 Å². The van der Waals surface area contributed by atoms with E-state index in [1.807, 2.05) is 11.4 Å². The zero-order valence-electron chi connectivity index (χ0n) is 10.7. The van der Waals surface area contributed by atoms with E-state index in [1.165, 1.54) is 17.0 Å². The second kappa shape index (κ2) is 5.20. The standard InChI is InChI=1S/C14H15NO3S2/c16-12-5-1-2-7-14(12)20(17,18)15-11-4-3-6-13-10(11)8-9-19-13/h1-2,5,7-9,11,15-16H,3-4,6H2. The molecule has 0 amide bonds. The number of nitrogens with one attached hydrogen (secondary N) is 1. The molecule has 1 atom stereocenters. The molecule has 1 aromatic carbocycles. The Kier molecular flexibility index (Phi) is 3.54. The van der Waals surface area contributed by atoms with Gasteiger partial charge in [-0.25, -0.2) is 13.1 Å². The molecule has 1 aromatic heterocycles. The molecule has 6 heteroatoms. The average molecular weight is 309 g/mol. The van der Waals surface area contributed by atoms with Gasteiger partial charge in [-0.05, 0) is 48.4 Å². The number of rotatable bonds is 3. The Morgan fingerprint density at radius 3 is 2.85 bits per heavy atom. The number of phenolic OH excluding ortho intramolecular Hbond substituents is 1. The molecule has 1 heterocycles. The van der Waals surface area contributed by atoms with E-state index >= 15 is 0 Å². The van der Waals surface area contributed by atoms with E-state index in [0.717, 1.165) is 24.8 Å². The molecule has 106 valence electrons. The number of thiophene rings is 1. The third-order valence-electron chi connectivity index (χ3n) is 3.50. The molecule has 1 unspecified atom stereocenters. The lowest BCUT2D eigenvalue weighted by Crippen LogP contribution is -2.30. The van der Waals surface area contributed by atoms with Crippen molar-refractivity contribution in [2.45, 2.75) is 30.2 Å². The average Bonchev–Trinajstić information content (AvgIpc) is 2.88. The first-order valence-corrected chi connectivity index (χ1v) is 8.81. The second-order valence-corrected chi connectivity index (χ2v) is 7.52. The van der Waals surface area contributed by atoms with Gasteiger partial charge in [0.05, 0.1) is 0 Å². The van der Waals surface area contributed by atoms with Crippen LogP contribution < -0.4 is 4.72 Å². The summed E-state index contributed by atoms with van der Waals surface area (Å²) < 4.78 is 27.5. The molecule has 0 fully saturated rings. The number of hydrogen-bond acceptors (Lipinski definition) is 4. The molecule has 0 radical (unpaired) electrons. The fourth-order valence-electron chi connectivity index (χ4n) is 2.54. The predicted molar refractivity (Wildman–Crippen MR) is 78.4 cm³/mol. The molecule has 3 rings (SSSR count). The molecular weight excluding hydrogens is 294 g/mol. The molecule has 0 spiro atoms. The lowest BCUT2D eigenvalue weighted by atomic mass is 9.95. The minimum absolute atomic E-state index is 0.0673. The highest BCUT2D eigenvalue weighted by atomic mass is 32.2. The van der Waals surface area contributed by atoms with E-state index in [2.05, 4.69) is 4.72 Å². The number of hydrogen-bond donors (Lipinski definition) is 2. The number of aromatic hydroxyl groups is 1. The van der Waals surface area contributed by atoms with Gasteiger partial charge in [0.15, 0.2) is 0 Å². The smallest absolute Gasteiger partial charge is 0.244 e. The van der Waals surface area contributed by atoms with Gasteiger partial charge in [0, 0.05) is 10.9 Å². The summed E-state index contributed by atoms with van der Waals surface area (Å²) in [6.07, 6.45) is 2.78. The number of phenols is 1. The minimum Gasteiger partial charge on any atom is -0.507 e. The largest absolute Gasteiger partial charge is 0.507 e. The Bertz CT molecular complexity index is 722. The van der Waals surface area contributed by atoms with Gasteiger partial charge in [-0.2, -0.15) is 0 Å². The normalized spacial score (nSPS) is 18.7. The van der Waals surface area contributed by atoms with E-state index in [4.69, 9.17) is 0 Å². The molecule has 2 N–H and O–H groups in total. The van der Waals surface area contributed by atoms with Crippen LogP contribution in [-0.4, -0.2) is 13.5 Å². The summed E-state index contributed by atoms with van der Waals surface area (Å²) in [6, 6.07) is 7.78. The third kappa shape index (κ3) is 2.46. The number of sulfonamides is 1. The molecule has 0 bridgehead atoms. The fourth-order valence-corrected chi connectivity index (χ4v) is 4.88. The topological polar surface area (TPSA) is 66.4 Å². The highest BCUT2D eigenvalue weighted by molar-refractivity contribution is 7.89. The van der Waals surface area contributed by atoms with Crippen molar-refractivity contribution in [1.82, 2.24) is 4.72 Å². The van der Waals surface area contributed by atoms with Crippen LogP contribution in [-0.2, 0) is 16.4 Å². The SMILES string of the molecule is O=S(=O)(NC1CCCc2sccc21)c1ccccc1O. The van der Waals surface area contributed by atoms with Gasteiger partial charge in [0.2, 0.25) is 10.0 Å². The first-order valence-electron chi connectivity index (χ1n) is 6.44. The summed E-state index contributed by atoms with van der Waals surface area (Å²) in [5.74, 6) is -0.221. The summed E-state index contributed by atoms with van der Waals surface area (Å²) in [7, 11) is -3.71. The summed E-state index contributed by atoms with van der Waals surface area (Å²) in [4.78, 5) is 1.18. The van der Waals surface area contributed by atoms with Crippen molar-refractivity contribution in [3.8, 4) is 5.75 Å². The van der Waals surface area contributed by atoms with Crippen LogP contribution in [0.1, 0.15) is 29.3 Å².